The predicted octanol–water partition coefficient (Wildman–Crippen LogP) is 2.12. The van der Waals surface area contributed by atoms with Gasteiger partial charge in [-0.05, 0) is 43.5 Å². The quantitative estimate of drug-likeness (QED) is 0.840. The van der Waals surface area contributed by atoms with Crippen LogP contribution in [-0.4, -0.2) is 31.9 Å². The summed E-state index contributed by atoms with van der Waals surface area (Å²) in [5, 5.41) is 12.8. The molecule has 1 fully saturated rings. The number of ether oxygens (including phenoxy) is 1. The van der Waals surface area contributed by atoms with Gasteiger partial charge < -0.3 is 15.2 Å². The predicted molar refractivity (Wildman–Crippen MR) is 68.3 cm³/mol. The molecule has 3 heteroatoms. The third kappa shape index (κ3) is 3.20. The molecule has 0 saturated carbocycles. The minimum absolute atomic E-state index is 0.348. The van der Waals surface area contributed by atoms with Crippen molar-refractivity contribution in [1.29, 1.82) is 0 Å². The van der Waals surface area contributed by atoms with E-state index in [1.54, 1.807) is 6.07 Å². The Kier molecular flexibility index (Phi) is 4.40. The van der Waals surface area contributed by atoms with E-state index in [0.717, 1.165) is 26.2 Å². The van der Waals surface area contributed by atoms with Crippen molar-refractivity contribution in [3.63, 3.8) is 0 Å². The van der Waals surface area contributed by atoms with E-state index in [9.17, 15) is 5.11 Å². The highest BCUT2D eigenvalue weighted by Gasteiger charge is 2.25. The average molecular weight is 235 g/mol. The molecule has 2 rings (SSSR count). The average Bonchev–Trinajstić information content (AvgIpc) is 2.37. The number of benzene rings is 1. The van der Waals surface area contributed by atoms with Gasteiger partial charge in [0.15, 0.2) is 0 Å². The van der Waals surface area contributed by atoms with E-state index in [4.69, 9.17) is 4.74 Å². The van der Waals surface area contributed by atoms with Gasteiger partial charge in [-0.25, -0.2) is 0 Å². The van der Waals surface area contributed by atoms with Gasteiger partial charge in [-0.15, -0.1) is 0 Å². The van der Waals surface area contributed by atoms with Crippen LogP contribution in [0.3, 0.4) is 0 Å². The first-order chi connectivity index (χ1) is 8.31. The Morgan fingerprint density at radius 2 is 2.41 bits per heavy atom. The lowest BCUT2D eigenvalue weighted by Gasteiger charge is -2.30. The van der Waals surface area contributed by atoms with Crippen molar-refractivity contribution in [2.24, 2.45) is 5.92 Å². The molecule has 1 aliphatic rings. The molecular weight excluding hydrogens is 214 g/mol. The highest BCUT2D eigenvalue weighted by atomic mass is 16.5. The van der Waals surface area contributed by atoms with Crippen LogP contribution in [0.25, 0.3) is 0 Å². The largest absolute Gasteiger partial charge is 0.508 e. The fraction of sp³-hybridized carbons (Fsp3) is 0.571. The van der Waals surface area contributed by atoms with Crippen LogP contribution in [0.5, 0.6) is 5.75 Å². The Bertz CT molecular complexity index is 348. The summed E-state index contributed by atoms with van der Waals surface area (Å²) >= 11 is 0. The molecule has 3 nitrogen and oxygen atoms in total. The third-order valence-corrected chi connectivity index (χ3v) is 3.49. The van der Waals surface area contributed by atoms with Crippen LogP contribution in [0.15, 0.2) is 24.3 Å². The topological polar surface area (TPSA) is 41.5 Å². The second-order valence-electron chi connectivity index (χ2n) is 4.74. The molecule has 2 unspecified atom stereocenters. The molecule has 0 amide bonds. The summed E-state index contributed by atoms with van der Waals surface area (Å²) in [6.45, 7) is 2.66. The maximum absolute atomic E-state index is 9.58. The summed E-state index contributed by atoms with van der Waals surface area (Å²) in [7, 11) is 1.97. The number of likely N-dealkylation sites (N-methyl/N-ethyl adjacent to an activating group) is 1. The monoisotopic (exact) mass is 235 g/mol. The van der Waals surface area contributed by atoms with Crippen molar-refractivity contribution in [2.75, 3.05) is 26.8 Å². The van der Waals surface area contributed by atoms with Crippen molar-refractivity contribution < 1.29 is 9.84 Å². The zero-order chi connectivity index (χ0) is 12.1. The lowest BCUT2D eigenvalue weighted by molar-refractivity contribution is 0.0441. The summed E-state index contributed by atoms with van der Waals surface area (Å²) in [5.41, 5.74) is 1.20. The number of aromatic hydroxyl groups is 1. The normalized spacial score (nSPS) is 22.3. The lowest BCUT2D eigenvalue weighted by atomic mass is 9.82. The van der Waals surface area contributed by atoms with E-state index in [0.29, 0.717) is 17.6 Å². The van der Waals surface area contributed by atoms with E-state index in [-0.39, 0.29) is 0 Å². The molecule has 2 N–H and O–H groups in total. The van der Waals surface area contributed by atoms with E-state index >= 15 is 0 Å². The first-order valence-corrected chi connectivity index (χ1v) is 6.32. The molecule has 94 valence electrons. The number of hydrogen-bond donors (Lipinski definition) is 2. The molecule has 1 saturated heterocycles. The Hall–Kier alpha value is -1.06. The number of nitrogens with one attached hydrogen (secondary N) is 1. The number of phenolic OH excluding ortho intramolecular Hbond substituents is 1. The first-order valence-electron chi connectivity index (χ1n) is 6.32. The zero-order valence-electron chi connectivity index (χ0n) is 10.4. The molecule has 0 spiro atoms. The van der Waals surface area contributed by atoms with E-state index < -0.39 is 0 Å². The molecule has 0 bridgehead atoms. The smallest absolute Gasteiger partial charge is 0.115 e. The van der Waals surface area contributed by atoms with Crippen molar-refractivity contribution in [3.05, 3.63) is 29.8 Å². The van der Waals surface area contributed by atoms with Gasteiger partial charge in [0, 0.05) is 19.1 Å². The van der Waals surface area contributed by atoms with Gasteiger partial charge in [-0.2, -0.15) is 0 Å². The van der Waals surface area contributed by atoms with Gasteiger partial charge in [-0.3, -0.25) is 0 Å². The molecule has 1 aromatic rings. The standard InChI is InChI=1S/C14H21NO2/c1-15-9-14(12-5-3-7-17-10-12)11-4-2-6-13(16)8-11/h2,4,6,8,12,14-16H,3,5,7,9-10H2,1H3. The molecule has 0 aromatic heterocycles. The first kappa shape index (κ1) is 12.4. The summed E-state index contributed by atoms with van der Waals surface area (Å²) in [5.74, 6) is 1.32. The zero-order valence-corrected chi connectivity index (χ0v) is 10.4. The Morgan fingerprint density at radius 1 is 1.53 bits per heavy atom. The fourth-order valence-electron chi connectivity index (χ4n) is 2.61. The van der Waals surface area contributed by atoms with Gasteiger partial charge in [0.1, 0.15) is 5.75 Å². The highest BCUT2D eigenvalue weighted by molar-refractivity contribution is 5.30. The van der Waals surface area contributed by atoms with Crippen LogP contribution in [0.4, 0.5) is 0 Å². The second kappa shape index (κ2) is 6.03. The molecule has 2 atom stereocenters. The Balaban J connectivity index is 2.15. The van der Waals surface area contributed by atoms with Crippen LogP contribution in [0, 0.1) is 5.92 Å². The van der Waals surface area contributed by atoms with E-state index in [1.807, 2.05) is 19.2 Å². The summed E-state index contributed by atoms with van der Waals surface area (Å²) < 4.78 is 5.57. The Morgan fingerprint density at radius 3 is 3.06 bits per heavy atom. The van der Waals surface area contributed by atoms with Gasteiger partial charge in [0.05, 0.1) is 6.61 Å². The maximum Gasteiger partial charge on any atom is 0.115 e. The van der Waals surface area contributed by atoms with Crippen molar-refractivity contribution >= 4 is 0 Å². The molecule has 1 aliphatic heterocycles. The van der Waals surface area contributed by atoms with Gasteiger partial charge in [0.25, 0.3) is 0 Å². The van der Waals surface area contributed by atoms with Crippen LogP contribution < -0.4 is 5.32 Å². The summed E-state index contributed by atoms with van der Waals surface area (Å²) in [6, 6.07) is 7.60. The lowest BCUT2D eigenvalue weighted by Crippen LogP contribution is -2.30. The maximum atomic E-state index is 9.58. The minimum atomic E-state index is 0.348. The van der Waals surface area contributed by atoms with Crippen molar-refractivity contribution in [1.82, 2.24) is 5.32 Å². The van der Waals surface area contributed by atoms with Crippen molar-refractivity contribution in [2.45, 2.75) is 18.8 Å². The fourth-order valence-corrected chi connectivity index (χ4v) is 2.61. The summed E-state index contributed by atoms with van der Waals surface area (Å²) in [4.78, 5) is 0. The van der Waals surface area contributed by atoms with Crippen LogP contribution >= 0.6 is 0 Å². The van der Waals surface area contributed by atoms with E-state index in [1.165, 1.54) is 12.0 Å². The van der Waals surface area contributed by atoms with Gasteiger partial charge in [-0.1, -0.05) is 12.1 Å². The third-order valence-electron chi connectivity index (χ3n) is 3.49. The van der Waals surface area contributed by atoms with Crippen LogP contribution in [-0.2, 0) is 4.74 Å². The molecular formula is C14H21NO2. The van der Waals surface area contributed by atoms with E-state index in [2.05, 4.69) is 11.4 Å². The second-order valence-corrected chi connectivity index (χ2v) is 4.74. The summed E-state index contributed by atoms with van der Waals surface area (Å²) in [6.07, 6.45) is 2.35. The van der Waals surface area contributed by atoms with Crippen LogP contribution in [0.2, 0.25) is 0 Å². The van der Waals surface area contributed by atoms with Crippen LogP contribution in [0.1, 0.15) is 24.3 Å². The molecule has 0 radical (unpaired) electrons. The number of rotatable bonds is 4. The van der Waals surface area contributed by atoms with Gasteiger partial charge >= 0.3 is 0 Å². The number of hydrogen-bond acceptors (Lipinski definition) is 3. The highest BCUT2D eigenvalue weighted by Crippen LogP contribution is 2.31. The molecule has 0 aliphatic carbocycles. The number of phenols is 1. The molecule has 17 heavy (non-hydrogen) atoms. The minimum Gasteiger partial charge on any atom is -0.508 e. The van der Waals surface area contributed by atoms with Crippen molar-refractivity contribution in [3.8, 4) is 5.75 Å². The molecule has 1 heterocycles. The molecule has 1 aromatic carbocycles. The van der Waals surface area contributed by atoms with Gasteiger partial charge in [0.2, 0.25) is 0 Å². The SMILES string of the molecule is CNCC(c1cccc(O)c1)C1CCCOC1. The Labute approximate surface area is 103 Å².